The molecule has 0 saturated carbocycles. The van der Waals surface area contributed by atoms with E-state index in [0.29, 0.717) is 5.69 Å². The molecule has 0 aliphatic heterocycles. The van der Waals surface area contributed by atoms with Gasteiger partial charge in [-0.2, -0.15) is 0 Å². The van der Waals surface area contributed by atoms with Crippen molar-refractivity contribution < 1.29 is 23.2 Å². The molecule has 0 aliphatic rings. The second kappa shape index (κ2) is 5.65. The van der Waals surface area contributed by atoms with Crippen molar-refractivity contribution in [3.05, 3.63) is 33.9 Å². The topological polar surface area (TPSA) is 127 Å². The van der Waals surface area contributed by atoms with Crippen molar-refractivity contribution in [3.8, 4) is 0 Å². The third kappa shape index (κ3) is 4.54. The van der Waals surface area contributed by atoms with Gasteiger partial charge in [0.2, 0.25) is 0 Å². The Morgan fingerprint density at radius 3 is 2.58 bits per heavy atom. The van der Waals surface area contributed by atoms with Crippen LogP contribution in [-0.2, 0) is 9.84 Å². The van der Waals surface area contributed by atoms with Gasteiger partial charge in [0.15, 0.2) is 0 Å². The molecule has 104 valence electrons. The molecule has 1 aromatic rings. The Kier molecular flexibility index (Phi) is 4.43. The monoisotopic (exact) mass is 288 g/mol. The fourth-order valence-electron chi connectivity index (χ4n) is 1.36. The molecule has 0 aromatic heterocycles. The molecule has 0 radical (unpaired) electrons. The largest absolute Gasteiger partial charge is 0.477 e. The molecular weight excluding hydrogens is 276 g/mol. The predicted molar refractivity (Wildman–Crippen MR) is 68.3 cm³/mol. The molecule has 2 N–H and O–H groups in total. The van der Waals surface area contributed by atoms with Crippen LogP contribution in [0.25, 0.3) is 0 Å². The van der Waals surface area contributed by atoms with Gasteiger partial charge in [0.25, 0.3) is 5.69 Å². The standard InChI is InChI=1S/C10H12N2O6S/c1-19(17,18)5-4-11-7-2-3-9(12(15)16)8(6-7)10(13)14/h2-3,6,11H,4-5H2,1H3,(H,13,14). The maximum absolute atomic E-state index is 10.9. The highest BCUT2D eigenvalue weighted by atomic mass is 32.2. The van der Waals surface area contributed by atoms with Crippen molar-refractivity contribution >= 4 is 27.2 Å². The van der Waals surface area contributed by atoms with E-state index in [1.807, 2.05) is 0 Å². The van der Waals surface area contributed by atoms with Crippen molar-refractivity contribution in [3.63, 3.8) is 0 Å². The van der Waals surface area contributed by atoms with E-state index in [2.05, 4.69) is 5.32 Å². The van der Waals surface area contributed by atoms with Crippen molar-refractivity contribution in [1.82, 2.24) is 0 Å². The van der Waals surface area contributed by atoms with E-state index in [9.17, 15) is 23.3 Å². The Morgan fingerprint density at radius 1 is 1.47 bits per heavy atom. The van der Waals surface area contributed by atoms with Crippen LogP contribution in [0.2, 0.25) is 0 Å². The van der Waals surface area contributed by atoms with Gasteiger partial charge >= 0.3 is 5.97 Å². The number of hydrogen-bond donors (Lipinski definition) is 2. The van der Waals surface area contributed by atoms with Crippen LogP contribution in [0.1, 0.15) is 10.4 Å². The van der Waals surface area contributed by atoms with Gasteiger partial charge in [-0.05, 0) is 12.1 Å². The number of carboxylic acid groups (broad SMARTS) is 1. The second-order valence-corrected chi connectivity index (χ2v) is 6.11. The molecule has 0 bridgehead atoms. The van der Waals surface area contributed by atoms with Gasteiger partial charge in [0, 0.05) is 24.6 Å². The maximum atomic E-state index is 10.9. The van der Waals surface area contributed by atoms with Crippen molar-refractivity contribution in [2.24, 2.45) is 0 Å². The summed E-state index contributed by atoms with van der Waals surface area (Å²) in [7, 11) is -3.13. The molecule has 8 nitrogen and oxygen atoms in total. The zero-order valence-electron chi connectivity index (χ0n) is 9.99. The quantitative estimate of drug-likeness (QED) is 0.584. The third-order valence-electron chi connectivity index (χ3n) is 2.23. The van der Waals surface area contributed by atoms with E-state index < -0.39 is 32.0 Å². The summed E-state index contributed by atoms with van der Waals surface area (Å²) in [5.41, 5.74) is -0.651. The van der Waals surface area contributed by atoms with Crippen LogP contribution in [0.5, 0.6) is 0 Å². The summed E-state index contributed by atoms with van der Waals surface area (Å²) < 4.78 is 21.8. The van der Waals surface area contributed by atoms with Crippen LogP contribution in [-0.4, -0.2) is 43.0 Å². The predicted octanol–water partition coefficient (Wildman–Crippen LogP) is 0.749. The van der Waals surface area contributed by atoms with E-state index >= 15 is 0 Å². The van der Waals surface area contributed by atoms with Crippen LogP contribution in [0.15, 0.2) is 18.2 Å². The van der Waals surface area contributed by atoms with Crippen LogP contribution in [0.4, 0.5) is 11.4 Å². The molecule has 19 heavy (non-hydrogen) atoms. The Hall–Kier alpha value is -2.16. The number of benzene rings is 1. The molecule has 0 heterocycles. The van der Waals surface area contributed by atoms with E-state index in [-0.39, 0.29) is 12.3 Å². The molecule has 0 unspecified atom stereocenters. The van der Waals surface area contributed by atoms with Crippen molar-refractivity contribution in [1.29, 1.82) is 0 Å². The summed E-state index contributed by atoms with van der Waals surface area (Å²) in [6.45, 7) is 0.0930. The van der Waals surface area contributed by atoms with Gasteiger partial charge in [-0.25, -0.2) is 13.2 Å². The fourth-order valence-corrected chi connectivity index (χ4v) is 1.83. The minimum absolute atomic E-state index is 0.0930. The molecule has 1 aromatic carbocycles. The highest BCUT2D eigenvalue weighted by Crippen LogP contribution is 2.22. The smallest absolute Gasteiger partial charge is 0.342 e. The molecule has 0 aliphatic carbocycles. The summed E-state index contributed by atoms with van der Waals surface area (Å²) in [6, 6.07) is 3.49. The average Bonchev–Trinajstić information content (AvgIpc) is 2.26. The first-order chi connectivity index (χ1) is 8.70. The summed E-state index contributed by atoms with van der Waals surface area (Å²) in [4.78, 5) is 20.7. The number of nitrogens with one attached hydrogen (secondary N) is 1. The Morgan fingerprint density at radius 2 is 2.11 bits per heavy atom. The average molecular weight is 288 g/mol. The lowest BCUT2D eigenvalue weighted by Crippen LogP contribution is -2.14. The van der Waals surface area contributed by atoms with Gasteiger partial charge in [0.1, 0.15) is 15.4 Å². The van der Waals surface area contributed by atoms with Gasteiger partial charge in [0.05, 0.1) is 10.7 Å². The number of aromatic carboxylic acids is 1. The second-order valence-electron chi connectivity index (χ2n) is 3.85. The maximum Gasteiger partial charge on any atom is 0.342 e. The number of sulfone groups is 1. The van der Waals surface area contributed by atoms with Gasteiger partial charge in [-0.1, -0.05) is 0 Å². The van der Waals surface area contributed by atoms with E-state index in [0.717, 1.165) is 18.4 Å². The highest BCUT2D eigenvalue weighted by Gasteiger charge is 2.19. The van der Waals surface area contributed by atoms with Gasteiger partial charge in [-0.15, -0.1) is 0 Å². The minimum Gasteiger partial charge on any atom is -0.477 e. The lowest BCUT2D eigenvalue weighted by atomic mass is 10.1. The van der Waals surface area contributed by atoms with Crippen LogP contribution in [0.3, 0.4) is 0 Å². The number of rotatable bonds is 6. The Balaban J connectivity index is 2.90. The van der Waals surface area contributed by atoms with Gasteiger partial charge in [-0.3, -0.25) is 10.1 Å². The first kappa shape index (κ1) is 14.9. The van der Waals surface area contributed by atoms with Crippen molar-refractivity contribution in [2.45, 2.75) is 0 Å². The van der Waals surface area contributed by atoms with E-state index in [4.69, 9.17) is 5.11 Å². The zero-order valence-corrected chi connectivity index (χ0v) is 10.8. The van der Waals surface area contributed by atoms with Crippen molar-refractivity contribution in [2.75, 3.05) is 23.9 Å². The number of hydrogen-bond acceptors (Lipinski definition) is 6. The zero-order chi connectivity index (χ0) is 14.6. The molecule has 0 spiro atoms. The normalized spacial score (nSPS) is 11.0. The molecule has 0 saturated heterocycles. The first-order valence-corrected chi connectivity index (χ1v) is 7.20. The molecule has 0 fully saturated rings. The first-order valence-electron chi connectivity index (χ1n) is 5.14. The molecule has 1 rings (SSSR count). The number of anilines is 1. The summed E-state index contributed by atoms with van der Waals surface area (Å²) in [6.07, 6.45) is 1.08. The molecule has 9 heteroatoms. The highest BCUT2D eigenvalue weighted by molar-refractivity contribution is 7.90. The van der Waals surface area contributed by atoms with Crippen LogP contribution in [0, 0.1) is 10.1 Å². The van der Waals surface area contributed by atoms with Gasteiger partial charge < -0.3 is 10.4 Å². The molecule has 0 amide bonds. The number of nitro groups is 1. The summed E-state index contributed by atoms with van der Waals surface area (Å²) >= 11 is 0. The number of carboxylic acids is 1. The number of nitrogens with zero attached hydrogens (tertiary/aromatic N) is 1. The Bertz CT molecular complexity index is 610. The lowest BCUT2D eigenvalue weighted by molar-refractivity contribution is -0.385. The fraction of sp³-hybridized carbons (Fsp3) is 0.300. The number of nitro benzene ring substituents is 1. The molecule has 0 atom stereocenters. The number of carbonyl (C=O) groups is 1. The minimum atomic E-state index is -3.13. The SMILES string of the molecule is CS(=O)(=O)CCNc1ccc([N+](=O)[O-])c(C(=O)O)c1. The van der Waals surface area contributed by atoms with E-state index in [1.54, 1.807) is 0 Å². The van der Waals surface area contributed by atoms with Crippen LogP contribution < -0.4 is 5.32 Å². The third-order valence-corrected chi connectivity index (χ3v) is 3.17. The molecular formula is C10H12N2O6S. The summed E-state index contributed by atoms with van der Waals surface area (Å²) in [5, 5.41) is 22.2. The Labute approximate surface area is 109 Å². The van der Waals surface area contributed by atoms with E-state index in [1.165, 1.54) is 6.07 Å². The summed E-state index contributed by atoms with van der Waals surface area (Å²) in [5.74, 6) is -1.54. The lowest BCUT2D eigenvalue weighted by Gasteiger charge is -2.06. The van der Waals surface area contributed by atoms with Crippen LogP contribution >= 0.6 is 0 Å².